The molecule has 1 fully saturated rings. The van der Waals surface area contributed by atoms with Gasteiger partial charge in [-0.25, -0.2) is 0 Å². The van der Waals surface area contributed by atoms with E-state index in [0.717, 1.165) is 25.0 Å². The predicted molar refractivity (Wildman–Crippen MR) is 60.5 cm³/mol. The molecule has 0 aromatic carbocycles. The highest BCUT2D eigenvalue weighted by Crippen LogP contribution is 2.34. The number of ether oxygens (including phenoxy) is 1. The van der Waals surface area contributed by atoms with Crippen LogP contribution in [0.2, 0.25) is 0 Å². The molecule has 2 nitrogen and oxygen atoms in total. The number of hydrogen-bond donors (Lipinski definition) is 1. The fourth-order valence-electron chi connectivity index (χ4n) is 2.55. The highest BCUT2D eigenvalue weighted by molar-refractivity contribution is 4.83. The van der Waals surface area contributed by atoms with E-state index in [2.05, 4.69) is 26.2 Å². The van der Waals surface area contributed by atoms with E-state index in [0.29, 0.717) is 6.04 Å². The molecule has 0 radical (unpaired) electrons. The van der Waals surface area contributed by atoms with E-state index in [-0.39, 0.29) is 0 Å². The van der Waals surface area contributed by atoms with E-state index >= 15 is 0 Å². The molecule has 0 spiro atoms. The van der Waals surface area contributed by atoms with Gasteiger partial charge in [0.1, 0.15) is 0 Å². The van der Waals surface area contributed by atoms with Crippen molar-refractivity contribution in [3.05, 3.63) is 0 Å². The van der Waals surface area contributed by atoms with Crippen LogP contribution in [-0.4, -0.2) is 26.3 Å². The highest BCUT2D eigenvalue weighted by Gasteiger charge is 2.28. The quantitative estimate of drug-likeness (QED) is 0.709. The van der Waals surface area contributed by atoms with Crippen molar-refractivity contribution in [2.24, 2.45) is 11.8 Å². The summed E-state index contributed by atoms with van der Waals surface area (Å²) in [5, 5.41) is 3.40. The topological polar surface area (TPSA) is 21.3 Å². The Morgan fingerprint density at radius 2 is 2.14 bits per heavy atom. The Hall–Kier alpha value is -0.0800. The van der Waals surface area contributed by atoms with Crippen LogP contribution in [0.15, 0.2) is 0 Å². The van der Waals surface area contributed by atoms with Crippen LogP contribution in [0.3, 0.4) is 0 Å². The Balaban J connectivity index is 2.30. The van der Waals surface area contributed by atoms with Crippen LogP contribution in [0.25, 0.3) is 0 Å². The van der Waals surface area contributed by atoms with Crippen molar-refractivity contribution in [1.29, 1.82) is 0 Å². The lowest BCUT2D eigenvalue weighted by Crippen LogP contribution is -2.36. The first kappa shape index (κ1) is 12.0. The van der Waals surface area contributed by atoms with Crippen LogP contribution in [0.5, 0.6) is 0 Å². The van der Waals surface area contributed by atoms with Crippen LogP contribution in [-0.2, 0) is 4.74 Å². The molecule has 84 valence electrons. The second-order valence-corrected chi connectivity index (χ2v) is 4.40. The smallest absolute Gasteiger partial charge is 0.0622 e. The molecule has 1 N–H and O–H groups in total. The Morgan fingerprint density at radius 3 is 2.64 bits per heavy atom. The van der Waals surface area contributed by atoms with Crippen LogP contribution in [0, 0.1) is 11.8 Å². The third-order valence-corrected chi connectivity index (χ3v) is 3.60. The molecule has 1 saturated carbocycles. The first-order valence-electron chi connectivity index (χ1n) is 6.06. The van der Waals surface area contributed by atoms with Crippen molar-refractivity contribution in [3.8, 4) is 0 Å². The second-order valence-electron chi connectivity index (χ2n) is 4.40. The van der Waals surface area contributed by atoms with Crippen LogP contribution in [0.1, 0.15) is 39.5 Å². The zero-order valence-corrected chi connectivity index (χ0v) is 9.88. The zero-order chi connectivity index (χ0) is 10.4. The largest absolute Gasteiger partial charge is 0.380 e. The Bertz CT molecular complexity index is 149. The number of nitrogens with one attached hydrogen (secondary N) is 1. The summed E-state index contributed by atoms with van der Waals surface area (Å²) >= 11 is 0. The summed E-state index contributed by atoms with van der Waals surface area (Å²) in [7, 11) is 2.06. The predicted octanol–water partition coefficient (Wildman–Crippen LogP) is 2.44. The van der Waals surface area contributed by atoms with Gasteiger partial charge in [-0.3, -0.25) is 0 Å². The van der Waals surface area contributed by atoms with E-state index in [1.54, 1.807) is 0 Å². The summed E-state index contributed by atoms with van der Waals surface area (Å²) in [5.41, 5.74) is 0. The lowest BCUT2D eigenvalue weighted by molar-refractivity contribution is 0.105. The molecule has 0 heterocycles. The number of hydrogen-bond acceptors (Lipinski definition) is 2. The van der Waals surface area contributed by atoms with E-state index in [1.807, 2.05) is 0 Å². The van der Waals surface area contributed by atoms with Crippen molar-refractivity contribution >= 4 is 0 Å². The molecule has 0 aromatic rings. The van der Waals surface area contributed by atoms with Crippen LogP contribution in [0.4, 0.5) is 0 Å². The Labute approximate surface area is 88.4 Å². The normalized spacial score (nSPS) is 29.4. The first-order valence-corrected chi connectivity index (χ1v) is 6.06. The molecule has 1 aliphatic carbocycles. The van der Waals surface area contributed by atoms with E-state index < -0.39 is 0 Å². The molecule has 0 bridgehead atoms. The molecule has 3 unspecified atom stereocenters. The van der Waals surface area contributed by atoms with Gasteiger partial charge in [-0.15, -0.1) is 0 Å². The maximum Gasteiger partial charge on any atom is 0.0622 e. The molecule has 0 aliphatic heterocycles. The minimum Gasteiger partial charge on any atom is -0.380 e. The van der Waals surface area contributed by atoms with Gasteiger partial charge in [0.2, 0.25) is 0 Å². The van der Waals surface area contributed by atoms with Crippen LogP contribution < -0.4 is 5.32 Å². The fraction of sp³-hybridized carbons (Fsp3) is 1.00. The standard InChI is InChI=1S/C12H25NO/c1-4-10-6-7-11(8-10)12(13-3)9-14-5-2/h10-13H,4-9H2,1-3H3. The summed E-state index contributed by atoms with van der Waals surface area (Å²) in [6, 6.07) is 0.575. The van der Waals surface area contributed by atoms with Gasteiger partial charge in [0, 0.05) is 12.6 Å². The van der Waals surface area contributed by atoms with Gasteiger partial charge in [-0.05, 0) is 38.6 Å². The number of rotatable bonds is 6. The lowest BCUT2D eigenvalue weighted by atomic mass is 9.96. The van der Waals surface area contributed by atoms with Crippen molar-refractivity contribution in [2.45, 2.75) is 45.6 Å². The second kappa shape index (κ2) is 6.41. The maximum atomic E-state index is 5.51. The van der Waals surface area contributed by atoms with Gasteiger partial charge in [-0.2, -0.15) is 0 Å². The Morgan fingerprint density at radius 1 is 1.36 bits per heavy atom. The monoisotopic (exact) mass is 199 g/mol. The fourth-order valence-corrected chi connectivity index (χ4v) is 2.55. The average Bonchev–Trinajstić information content (AvgIpc) is 2.68. The molecule has 1 rings (SSSR count). The SMILES string of the molecule is CCOCC(NC)C1CCC(CC)C1. The maximum absolute atomic E-state index is 5.51. The summed E-state index contributed by atoms with van der Waals surface area (Å²) in [6.45, 7) is 6.09. The molecule has 3 atom stereocenters. The van der Waals surface area contributed by atoms with Gasteiger partial charge < -0.3 is 10.1 Å². The highest BCUT2D eigenvalue weighted by atomic mass is 16.5. The third kappa shape index (κ3) is 3.25. The molecular formula is C12H25NO. The molecule has 2 heteroatoms. The summed E-state index contributed by atoms with van der Waals surface area (Å²) in [6.07, 6.45) is 5.55. The van der Waals surface area contributed by atoms with Gasteiger partial charge in [0.15, 0.2) is 0 Å². The molecular weight excluding hydrogens is 174 g/mol. The lowest BCUT2D eigenvalue weighted by Gasteiger charge is -2.22. The van der Waals surface area contributed by atoms with Gasteiger partial charge in [0.25, 0.3) is 0 Å². The minimum absolute atomic E-state index is 0.575. The first-order chi connectivity index (χ1) is 6.81. The summed E-state index contributed by atoms with van der Waals surface area (Å²) < 4.78 is 5.51. The Kier molecular flexibility index (Phi) is 5.49. The van der Waals surface area contributed by atoms with Gasteiger partial charge >= 0.3 is 0 Å². The van der Waals surface area contributed by atoms with Crippen LogP contribution >= 0.6 is 0 Å². The third-order valence-electron chi connectivity index (χ3n) is 3.60. The van der Waals surface area contributed by atoms with Crippen molar-refractivity contribution in [3.63, 3.8) is 0 Å². The zero-order valence-electron chi connectivity index (χ0n) is 9.88. The number of likely N-dealkylation sites (N-methyl/N-ethyl adjacent to an activating group) is 1. The van der Waals surface area contributed by atoms with Crippen molar-refractivity contribution < 1.29 is 4.74 Å². The summed E-state index contributed by atoms with van der Waals surface area (Å²) in [5.74, 6) is 1.81. The average molecular weight is 199 g/mol. The van der Waals surface area contributed by atoms with E-state index in [9.17, 15) is 0 Å². The molecule has 1 aliphatic rings. The van der Waals surface area contributed by atoms with Crippen molar-refractivity contribution in [1.82, 2.24) is 5.32 Å². The van der Waals surface area contributed by atoms with E-state index in [1.165, 1.54) is 25.7 Å². The summed E-state index contributed by atoms with van der Waals surface area (Å²) in [4.78, 5) is 0. The molecule has 0 amide bonds. The van der Waals surface area contributed by atoms with Crippen molar-refractivity contribution in [2.75, 3.05) is 20.3 Å². The molecule has 0 saturated heterocycles. The molecule has 14 heavy (non-hydrogen) atoms. The molecule has 0 aromatic heterocycles. The van der Waals surface area contributed by atoms with E-state index in [4.69, 9.17) is 4.74 Å². The van der Waals surface area contributed by atoms with Gasteiger partial charge in [-0.1, -0.05) is 19.8 Å². The van der Waals surface area contributed by atoms with Gasteiger partial charge in [0.05, 0.1) is 6.61 Å². The minimum atomic E-state index is 0.575.